The Morgan fingerprint density at radius 1 is 1.27 bits per heavy atom. The van der Waals surface area contributed by atoms with Crippen LogP contribution in [-0.2, 0) is 30.5 Å². The van der Waals surface area contributed by atoms with Crippen LogP contribution in [-0.4, -0.2) is 45.2 Å². The molecule has 1 aromatic rings. The van der Waals surface area contributed by atoms with Gasteiger partial charge in [-0.3, -0.25) is 14.4 Å². The second kappa shape index (κ2) is 6.21. The third-order valence-electron chi connectivity index (χ3n) is 9.22. The van der Waals surface area contributed by atoms with Crippen LogP contribution in [0.1, 0.15) is 31.7 Å². The van der Waals surface area contributed by atoms with Gasteiger partial charge in [0.1, 0.15) is 17.6 Å². The standard InChI is InChI=1S/C26H26O7/c1-14-20(28)25-13-24(14,31)10-8-16(25)26-11-9-17(27)23(2,22(30)33-26)19(26)18(25)21(29)32-12-15-6-4-3-5-7-15/h3-7,9,11,16-19,27,31H,1,8,10,12-13H2,2H3/t16-,17+,18-,19-,23+,24+,25-,26-/m1/s1. The van der Waals surface area contributed by atoms with E-state index in [4.69, 9.17) is 9.47 Å². The summed E-state index contributed by atoms with van der Waals surface area (Å²) in [5, 5.41) is 22.1. The molecule has 0 amide bonds. The van der Waals surface area contributed by atoms with E-state index in [9.17, 15) is 24.6 Å². The van der Waals surface area contributed by atoms with Crippen LogP contribution in [0.2, 0.25) is 0 Å². The van der Waals surface area contributed by atoms with Crippen molar-refractivity contribution in [2.45, 2.75) is 50.1 Å². The van der Waals surface area contributed by atoms with E-state index in [0.717, 1.165) is 5.56 Å². The number of Topliss-reactive ketones (excluding diaryl/α,β-unsaturated/α-hetero) is 1. The summed E-state index contributed by atoms with van der Waals surface area (Å²) in [6.07, 6.45) is 2.79. The van der Waals surface area contributed by atoms with Crippen LogP contribution in [0.25, 0.3) is 0 Å². The molecule has 4 fully saturated rings. The van der Waals surface area contributed by atoms with Crippen LogP contribution in [0, 0.1) is 28.6 Å². The number of benzene rings is 1. The Balaban J connectivity index is 1.50. The van der Waals surface area contributed by atoms with Gasteiger partial charge >= 0.3 is 11.9 Å². The van der Waals surface area contributed by atoms with Crippen molar-refractivity contribution < 1.29 is 34.1 Å². The summed E-state index contributed by atoms with van der Waals surface area (Å²) < 4.78 is 11.7. The van der Waals surface area contributed by atoms with Gasteiger partial charge in [-0.05, 0) is 37.8 Å². The zero-order chi connectivity index (χ0) is 23.4. The molecule has 4 bridgehead atoms. The van der Waals surface area contributed by atoms with Crippen molar-refractivity contribution in [3.05, 3.63) is 60.2 Å². The second-order valence-electron chi connectivity index (χ2n) is 10.5. The molecule has 1 saturated heterocycles. The molecule has 0 radical (unpaired) electrons. The Hall–Kier alpha value is -2.77. The first-order chi connectivity index (χ1) is 15.6. The number of ketones is 1. The number of hydrogen-bond acceptors (Lipinski definition) is 7. The van der Waals surface area contributed by atoms with E-state index >= 15 is 0 Å². The summed E-state index contributed by atoms with van der Waals surface area (Å²) in [6, 6.07) is 9.20. The number of fused-ring (bicyclic) bond motifs is 1. The maximum absolute atomic E-state index is 13.8. The van der Waals surface area contributed by atoms with Crippen molar-refractivity contribution in [3.63, 3.8) is 0 Å². The molecule has 8 atom stereocenters. The molecule has 2 N–H and O–H groups in total. The molecule has 1 heterocycles. The minimum atomic E-state index is -1.40. The lowest BCUT2D eigenvalue weighted by molar-refractivity contribution is -0.169. The van der Waals surface area contributed by atoms with Crippen molar-refractivity contribution in [1.82, 2.24) is 0 Å². The van der Waals surface area contributed by atoms with Crippen LogP contribution in [0.3, 0.4) is 0 Å². The number of esters is 2. The number of ether oxygens (including phenoxy) is 2. The largest absolute Gasteiger partial charge is 0.461 e. The van der Waals surface area contributed by atoms with Gasteiger partial charge < -0.3 is 19.7 Å². The second-order valence-corrected chi connectivity index (χ2v) is 10.5. The average Bonchev–Trinajstić information content (AvgIpc) is 3.21. The number of carbonyl (C=O) groups is 3. The van der Waals surface area contributed by atoms with Gasteiger partial charge in [-0.1, -0.05) is 43.0 Å². The van der Waals surface area contributed by atoms with Crippen molar-refractivity contribution in [2.24, 2.45) is 28.6 Å². The lowest BCUT2D eigenvalue weighted by Crippen LogP contribution is -2.51. The lowest BCUT2D eigenvalue weighted by Gasteiger charge is -2.43. The first-order valence-corrected chi connectivity index (χ1v) is 11.4. The predicted octanol–water partition coefficient (Wildman–Crippen LogP) is 1.86. The monoisotopic (exact) mass is 450 g/mol. The Labute approximate surface area is 191 Å². The first kappa shape index (κ1) is 20.8. The summed E-state index contributed by atoms with van der Waals surface area (Å²) >= 11 is 0. The molecule has 1 aliphatic heterocycles. The van der Waals surface area contributed by atoms with E-state index in [1.807, 2.05) is 30.3 Å². The molecule has 0 unspecified atom stereocenters. The number of aliphatic hydroxyl groups excluding tert-OH is 1. The van der Waals surface area contributed by atoms with E-state index < -0.39 is 57.8 Å². The van der Waals surface area contributed by atoms with Crippen molar-refractivity contribution in [1.29, 1.82) is 0 Å². The zero-order valence-corrected chi connectivity index (χ0v) is 18.3. The molecule has 7 nitrogen and oxygen atoms in total. The van der Waals surface area contributed by atoms with Gasteiger partial charge in [0, 0.05) is 17.4 Å². The van der Waals surface area contributed by atoms with Crippen LogP contribution in [0.15, 0.2) is 54.6 Å². The lowest BCUT2D eigenvalue weighted by atomic mass is 9.60. The Morgan fingerprint density at radius 2 is 2.00 bits per heavy atom. The number of rotatable bonds is 3. The van der Waals surface area contributed by atoms with E-state index in [2.05, 4.69) is 6.58 Å². The third kappa shape index (κ3) is 2.20. The highest BCUT2D eigenvalue weighted by Gasteiger charge is 2.86. The molecule has 1 spiro atoms. The highest BCUT2D eigenvalue weighted by molar-refractivity contribution is 6.08. The molecule has 33 heavy (non-hydrogen) atoms. The van der Waals surface area contributed by atoms with E-state index in [1.165, 1.54) is 0 Å². The highest BCUT2D eigenvalue weighted by Crippen LogP contribution is 2.76. The summed E-state index contributed by atoms with van der Waals surface area (Å²) in [5.41, 5.74) is -4.39. The molecule has 1 aromatic carbocycles. The first-order valence-electron chi connectivity index (χ1n) is 11.4. The van der Waals surface area contributed by atoms with Crippen LogP contribution in [0.5, 0.6) is 0 Å². The van der Waals surface area contributed by atoms with E-state index in [0.29, 0.717) is 12.8 Å². The summed E-state index contributed by atoms with van der Waals surface area (Å²) in [6.45, 7) is 5.50. The van der Waals surface area contributed by atoms with Gasteiger partial charge in [0.2, 0.25) is 0 Å². The number of hydrogen-bond donors (Lipinski definition) is 2. The predicted molar refractivity (Wildman–Crippen MR) is 114 cm³/mol. The van der Waals surface area contributed by atoms with Gasteiger partial charge in [-0.25, -0.2) is 0 Å². The molecule has 4 aliphatic carbocycles. The highest BCUT2D eigenvalue weighted by atomic mass is 16.6. The van der Waals surface area contributed by atoms with Gasteiger partial charge in [0.25, 0.3) is 0 Å². The summed E-state index contributed by atoms with van der Waals surface area (Å²) in [5.74, 6) is -3.90. The van der Waals surface area contributed by atoms with Gasteiger partial charge in [-0.2, -0.15) is 0 Å². The fourth-order valence-electron chi connectivity index (χ4n) is 7.71. The Morgan fingerprint density at radius 3 is 2.73 bits per heavy atom. The van der Waals surface area contributed by atoms with Crippen LogP contribution < -0.4 is 0 Å². The van der Waals surface area contributed by atoms with Gasteiger partial charge in [0.15, 0.2) is 5.78 Å². The molecular formula is C26H26O7. The average molecular weight is 450 g/mol. The van der Waals surface area contributed by atoms with Crippen molar-refractivity contribution in [3.8, 4) is 0 Å². The minimum Gasteiger partial charge on any atom is -0.461 e. The maximum atomic E-state index is 13.8. The fourth-order valence-corrected chi connectivity index (χ4v) is 7.71. The number of aliphatic hydroxyl groups is 2. The van der Waals surface area contributed by atoms with E-state index in [-0.39, 0.29) is 24.4 Å². The van der Waals surface area contributed by atoms with Gasteiger partial charge in [0.05, 0.1) is 23.0 Å². The molecule has 6 rings (SSSR count). The fraction of sp³-hybridized carbons (Fsp3) is 0.500. The zero-order valence-electron chi connectivity index (χ0n) is 18.3. The SMILES string of the molecule is C=C1C(=O)[C@]23C[C@@]1(O)CC[C@H]2[C@@]12C=C[C@H](O)[C@](C)(C(=O)O1)[C@H]2[C@@H]3C(=O)OCc1ccccc1. The topological polar surface area (TPSA) is 110 Å². The van der Waals surface area contributed by atoms with Gasteiger partial charge in [-0.15, -0.1) is 0 Å². The summed E-state index contributed by atoms with van der Waals surface area (Å²) in [4.78, 5) is 40.7. The smallest absolute Gasteiger partial charge is 0.316 e. The van der Waals surface area contributed by atoms with Crippen LogP contribution >= 0.6 is 0 Å². The molecular weight excluding hydrogens is 424 g/mol. The molecule has 0 aromatic heterocycles. The molecule has 3 saturated carbocycles. The Kier molecular flexibility index (Phi) is 3.92. The van der Waals surface area contributed by atoms with Crippen molar-refractivity contribution >= 4 is 17.7 Å². The minimum absolute atomic E-state index is 0.0138. The molecule has 172 valence electrons. The normalized spacial score (nSPS) is 46.7. The van der Waals surface area contributed by atoms with E-state index in [1.54, 1.807) is 19.1 Å². The maximum Gasteiger partial charge on any atom is 0.316 e. The molecule has 7 heteroatoms. The summed E-state index contributed by atoms with van der Waals surface area (Å²) in [7, 11) is 0. The third-order valence-corrected chi connectivity index (χ3v) is 9.22. The number of carbonyl (C=O) groups excluding carboxylic acids is 3. The quantitative estimate of drug-likeness (QED) is 0.411. The molecule has 5 aliphatic rings. The Bertz CT molecular complexity index is 1140. The van der Waals surface area contributed by atoms with Crippen molar-refractivity contribution in [2.75, 3.05) is 0 Å². The van der Waals surface area contributed by atoms with Crippen LogP contribution in [0.4, 0.5) is 0 Å².